The normalized spacial score (nSPS) is 7.33. The van der Waals surface area contributed by atoms with Gasteiger partial charge in [0.15, 0.2) is 0 Å². The third kappa shape index (κ3) is 22.3. The van der Waals surface area contributed by atoms with Crippen molar-refractivity contribution in [3.05, 3.63) is 59.7 Å². The highest BCUT2D eigenvalue weighted by molar-refractivity contribution is 5.75. The van der Waals surface area contributed by atoms with E-state index in [0.29, 0.717) is 11.5 Å². The molecule has 0 bridgehead atoms. The van der Waals surface area contributed by atoms with Crippen molar-refractivity contribution in [3.8, 4) is 11.5 Å². The number of aryl methyl sites for hydroxylation is 2. The standard InChI is InChI=1S/2C7H8O.C2H6O.2C2H6.B/c2*1-6-3-2-4-7(8)5-6;1-3-2;2*1-2;/h2*2-5,8H,1H3;1-2H3;2*1-2H3;. The minimum atomic E-state index is 0. The molecular formula is C20H34BO3. The van der Waals surface area contributed by atoms with Gasteiger partial charge < -0.3 is 14.9 Å². The Morgan fingerprint density at radius 2 is 0.917 bits per heavy atom. The number of rotatable bonds is 0. The zero-order chi connectivity index (χ0) is 18.7. The maximum Gasteiger partial charge on any atom is 0.115 e. The van der Waals surface area contributed by atoms with Crippen LogP contribution in [0.2, 0.25) is 0 Å². The molecule has 0 aliphatic rings. The van der Waals surface area contributed by atoms with Gasteiger partial charge in [-0.25, -0.2) is 0 Å². The summed E-state index contributed by atoms with van der Waals surface area (Å²) >= 11 is 0. The summed E-state index contributed by atoms with van der Waals surface area (Å²) in [4.78, 5) is 0. The first-order valence-electron chi connectivity index (χ1n) is 7.91. The number of ether oxygens (including phenoxy) is 1. The second kappa shape index (κ2) is 23.3. The topological polar surface area (TPSA) is 49.7 Å². The number of phenolic OH excluding ortho intramolecular Hbond substituents is 2. The number of hydrogen-bond acceptors (Lipinski definition) is 3. The van der Waals surface area contributed by atoms with Crippen molar-refractivity contribution in [1.82, 2.24) is 0 Å². The van der Waals surface area contributed by atoms with Crippen LogP contribution in [0, 0.1) is 13.8 Å². The SMILES string of the molecule is CC.CC.COC.Cc1cccc(O)c1.Cc1cccc(O)c1.[B]. The molecule has 0 atom stereocenters. The molecule has 24 heavy (non-hydrogen) atoms. The molecule has 0 aliphatic heterocycles. The molecule has 0 fully saturated rings. The van der Waals surface area contributed by atoms with Gasteiger partial charge in [0.1, 0.15) is 11.5 Å². The molecule has 0 aromatic heterocycles. The van der Waals surface area contributed by atoms with Crippen molar-refractivity contribution in [2.75, 3.05) is 14.2 Å². The van der Waals surface area contributed by atoms with E-state index in [-0.39, 0.29) is 8.41 Å². The van der Waals surface area contributed by atoms with Crippen LogP contribution in [0.5, 0.6) is 11.5 Å². The van der Waals surface area contributed by atoms with Crippen LogP contribution in [0.25, 0.3) is 0 Å². The Morgan fingerprint density at radius 3 is 1.04 bits per heavy atom. The zero-order valence-corrected chi connectivity index (χ0v) is 16.5. The second-order valence-corrected chi connectivity index (χ2v) is 4.09. The van der Waals surface area contributed by atoms with E-state index in [9.17, 15) is 0 Å². The van der Waals surface area contributed by atoms with Crippen LogP contribution < -0.4 is 0 Å². The van der Waals surface area contributed by atoms with Crippen molar-refractivity contribution in [2.24, 2.45) is 0 Å². The van der Waals surface area contributed by atoms with E-state index in [4.69, 9.17) is 10.2 Å². The third-order valence-electron chi connectivity index (χ3n) is 2.00. The second-order valence-electron chi connectivity index (χ2n) is 4.09. The molecule has 2 aromatic rings. The first kappa shape index (κ1) is 30.0. The number of phenols is 2. The van der Waals surface area contributed by atoms with E-state index in [2.05, 4.69) is 4.74 Å². The predicted molar refractivity (Wildman–Crippen MR) is 107 cm³/mol. The van der Waals surface area contributed by atoms with Crippen molar-refractivity contribution >= 4 is 8.41 Å². The molecule has 2 N–H and O–H groups in total. The fraction of sp³-hybridized carbons (Fsp3) is 0.400. The molecule has 135 valence electrons. The maximum atomic E-state index is 8.81. The van der Waals surface area contributed by atoms with Crippen molar-refractivity contribution < 1.29 is 14.9 Å². The van der Waals surface area contributed by atoms with Crippen LogP contribution in [-0.4, -0.2) is 32.8 Å². The molecule has 2 rings (SSSR count). The maximum absolute atomic E-state index is 8.81. The van der Waals surface area contributed by atoms with E-state index < -0.39 is 0 Å². The molecule has 0 heterocycles. The number of benzene rings is 2. The highest BCUT2D eigenvalue weighted by atomic mass is 16.4. The first-order valence-corrected chi connectivity index (χ1v) is 7.91. The van der Waals surface area contributed by atoms with Crippen LogP contribution in [0.15, 0.2) is 48.5 Å². The fourth-order valence-corrected chi connectivity index (χ4v) is 1.26. The Hall–Kier alpha value is -1.94. The van der Waals surface area contributed by atoms with Gasteiger partial charge in [0.2, 0.25) is 0 Å². The van der Waals surface area contributed by atoms with E-state index in [1.807, 2.05) is 65.8 Å². The minimum absolute atomic E-state index is 0. The summed E-state index contributed by atoms with van der Waals surface area (Å²) in [7, 11) is 3.25. The highest BCUT2D eigenvalue weighted by Crippen LogP contribution is 2.09. The van der Waals surface area contributed by atoms with Crippen LogP contribution in [0.3, 0.4) is 0 Å². The lowest BCUT2D eigenvalue weighted by atomic mass is 10.2. The summed E-state index contributed by atoms with van der Waals surface area (Å²) in [5.41, 5.74) is 2.18. The molecule has 4 heteroatoms. The van der Waals surface area contributed by atoms with E-state index in [1.54, 1.807) is 38.5 Å². The lowest BCUT2D eigenvalue weighted by Crippen LogP contribution is -1.66. The summed E-state index contributed by atoms with van der Waals surface area (Å²) in [5.74, 6) is 0.676. The van der Waals surface area contributed by atoms with Crippen molar-refractivity contribution in [2.45, 2.75) is 41.5 Å². The molecule has 3 radical (unpaired) electrons. The van der Waals surface area contributed by atoms with Gasteiger partial charge in [0.25, 0.3) is 0 Å². The number of hydrogen-bond donors (Lipinski definition) is 2. The smallest absolute Gasteiger partial charge is 0.115 e. The average Bonchev–Trinajstić information content (AvgIpc) is 2.52. The van der Waals surface area contributed by atoms with Gasteiger partial charge in [-0.1, -0.05) is 52.0 Å². The Labute approximate surface area is 150 Å². The average molecular weight is 333 g/mol. The lowest BCUT2D eigenvalue weighted by molar-refractivity contribution is 0.277. The molecule has 0 saturated heterocycles. The molecule has 0 spiro atoms. The van der Waals surface area contributed by atoms with Crippen LogP contribution in [0.1, 0.15) is 38.8 Å². The predicted octanol–water partition coefficient (Wildman–Crippen LogP) is 5.34. The summed E-state index contributed by atoms with van der Waals surface area (Å²) < 4.78 is 4.25. The quantitative estimate of drug-likeness (QED) is 0.640. The van der Waals surface area contributed by atoms with E-state index in [1.165, 1.54) is 0 Å². The number of methoxy groups -OCH3 is 1. The Bertz CT molecular complexity index is 396. The van der Waals surface area contributed by atoms with E-state index in [0.717, 1.165) is 11.1 Å². The lowest BCUT2D eigenvalue weighted by Gasteiger charge is -1.89. The van der Waals surface area contributed by atoms with Crippen LogP contribution in [0.4, 0.5) is 0 Å². The molecule has 3 nitrogen and oxygen atoms in total. The van der Waals surface area contributed by atoms with Gasteiger partial charge in [-0.3, -0.25) is 0 Å². The first-order chi connectivity index (χ1) is 11.0. The molecular weight excluding hydrogens is 299 g/mol. The van der Waals surface area contributed by atoms with Crippen LogP contribution >= 0.6 is 0 Å². The zero-order valence-electron chi connectivity index (χ0n) is 16.5. The van der Waals surface area contributed by atoms with Gasteiger partial charge in [0, 0.05) is 22.6 Å². The molecule has 0 saturated carbocycles. The van der Waals surface area contributed by atoms with Gasteiger partial charge in [0.05, 0.1) is 0 Å². The van der Waals surface area contributed by atoms with Crippen LogP contribution in [-0.2, 0) is 4.74 Å². The molecule has 0 amide bonds. The van der Waals surface area contributed by atoms with Crippen molar-refractivity contribution in [1.29, 1.82) is 0 Å². The minimum Gasteiger partial charge on any atom is -0.508 e. The Morgan fingerprint density at radius 1 is 0.667 bits per heavy atom. The monoisotopic (exact) mass is 333 g/mol. The van der Waals surface area contributed by atoms with Gasteiger partial charge in [-0.05, 0) is 49.2 Å². The van der Waals surface area contributed by atoms with Gasteiger partial charge in [-0.2, -0.15) is 0 Å². The molecule has 0 aliphatic carbocycles. The number of aromatic hydroxyl groups is 2. The van der Waals surface area contributed by atoms with Gasteiger partial charge >= 0.3 is 0 Å². The largest absolute Gasteiger partial charge is 0.508 e. The third-order valence-corrected chi connectivity index (χ3v) is 2.00. The van der Waals surface area contributed by atoms with Crippen molar-refractivity contribution in [3.63, 3.8) is 0 Å². The summed E-state index contributed by atoms with van der Waals surface area (Å²) in [6, 6.07) is 14.3. The van der Waals surface area contributed by atoms with Gasteiger partial charge in [-0.15, -0.1) is 0 Å². The molecule has 2 aromatic carbocycles. The Kier molecular flexibility index (Phi) is 29.2. The Balaban J connectivity index is -0.000000119. The highest BCUT2D eigenvalue weighted by Gasteiger charge is 1.83. The van der Waals surface area contributed by atoms with E-state index >= 15 is 0 Å². The summed E-state index contributed by atoms with van der Waals surface area (Å²) in [5, 5.41) is 17.6. The summed E-state index contributed by atoms with van der Waals surface area (Å²) in [6.07, 6.45) is 0. The fourth-order valence-electron chi connectivity index (χ4n) is 1.26. The molecule has 0 unspecified atom stereocenters. The summed E-state index contributed by atoms with van der Waals surface area (Å²) in [6.45, 7) is 11.9.